The summed E-state index contributed by atoms with van der Waals surface area (Å²) >= 11 is 0. The number of hydrogen-bond donors (Lipinski definition) is 1. The highest BCUT2D eigenvalue weighted by Crippen LogP contribution is 2.21. The van der Waals surface area contributed by atoms with Crippen LogP contribution < -0.4 is 10.2 Å². The second-order valence-corrected chi connectivity index (χ2v) is 6.37. The average Bonchev–Trinajstić information content (AvgIpc) is 2.82. The van der Waals surface area contributed by atoms with Crippen LogP contribution in [0.5, 0.6) is 0 Å². The number of alkyl carbamates (subject to hydrolysis) is 1. The number of nitrogens with one attached hydrogen (secondary N) is 1. The van der Waals surface area contributed by atoms with Gasteiger partial charge in [0.25, 0.3) is 0 Å². The van der Waals surface area contributed by atoms with Gasteiger partial charge in [0, 0.05) is 31.0 Å². The predicted molar refractivity (Wildman–Crippen MR) is 81.4 cm³/mol. The number of amides is 1. The minimum Gasteiger partial charge on any atom is -0.444 e. The van der Waals surface area contributed by atoms with Crippen molar-refractivity contribution in [2.24, 2.45) is 0 Å². The monoisotopic (exact) mass is 292 g/mol. The lowest BCUT2D eigenvalue weighted by molar-refractivity contribution is 0.0525. The molecule has 1 aromatic rings. The van der Waals surface area contributed by atoms with Crippen LogP contribution in [-0.2, 0) is 4.74 Å². The summed E-state index contributed by atoms with van der Waals surface area (Å²) in [5.41, 5.74) is 0.477. The smallest absolute Gasteiger partial charge is 0.407 e. The van der Waals surface area contributed by atoms with Gasteiger partial charge >= 0.3 is 6.09 Å². The molecule has 21 heavy (non-hydrogen) atoms. The maximum atomic E-state index is 11.7. The first-order chi connectivity index (χ1) is 9.85. The normalized spacial score (nSPS) is 18.7. The number of aryl methyl sites for hydroxylation is 1. The molecule has 116 valence electrons. The summed E-state index contributed by atoms with van der Waals surface area (Å²) in [7, 11) is 0. The summed E-state index contributed by atoms with van der Waals surface area (Å²) in [5, 5.41) is 2.84. The predicted octanol–water partition coefficient (Wildman–Crippen LogP) is 2.28. The van der Waals surface area contributed by atoms with Crippen LogP contribution in [-0.4, -0.2) is 40.8 Å². The summed E-state index contributed by atoms with van der Waals surface area (Å²) in [4.78, 5) is 22.7. The van der Waals surface area contributed by atoms with Gasteiger partial charge in [-0.2, -0.15) is 0 Å². The number of carbonyl (C=O) groups is 1. The van der Waals surface area contributed by atoms with Gasteiger partial charge in [0.15, 0.2) is 0 Å². The Labute approximate surface area is 125 Å². The van der Waals surface area contributed by atoms with E-state index < -0.39 is 5.60 Å². The third-order valence-electron chi connectivity index (χ3n) is 3.30. The lowest BCUT2D eigenvalue weighted by Gasteiger charge is -2.26. The highest BCUT2D eigenvalue weighted by atomic mass is 16.6. The largest absolute Gasteiger partial charge is 0.444 e. The highest BCUT2D eigenvalue weighted by Gasteiger charge is 2.27. The summed E-state index contributed by atoms with van der Waals surface area (Å²) in [5.74, 6) is 0.739. The molecule has 0 aliphatic carbocycles. The molecule has 0 unspecified atom stereocenters. The van der Waals surface area contributed by atoms with Crippen molar-refractivity contribution in [2.75, 3.05) is 18.0 Å². The van der Waals surface area contributed by atoms with Crippen LogP contribution in [0.4, 0.5) is 10.7 Å². The molecule has 0 radical (unpaired) electrons. The maximum absolute atomic E-state index is 11.7. The lowest BCUT2D eigenvalue weighted by atomic mass is 10.2. The van der Waals surface area contributed by atoms with Crippen molar-refractivity contribution in [3.63, 3.8) is 0 Å². The zero-order chi connectivity index (χ0) is 15.5. The van der Waals surface area contributed by atoms with Gasteiger partial charge in [0.2, 0.25) is 5.95 Å². The fraction of sp³-hybridized carbons (Fsp3) is 0.667. The second-order valence-electron chi connectivity index (χ2n) is 6.37. The molecule has 1 saturated heterocycles. The van der Waals surface area contributed by atoms with Gasteiger partial charge in [-0.05, 0) is 46.6 Å². The van der Waals surface area contributed by atoms with Crippen molar-refractivity contribution in [3.8, 4) is 0 Å². The van der Waals surface area contributed by atoms with Crippen LogP contribution in [0.2, 0.25) is 0 Å². The Balaban J connectivity index is 1.92. The number of hydrogen-bond acceptors (Lipinski definition) is 5. The van der Waals surface area contributed by atoms with Gasteiger partial charge in [-0.1, -0.05) is 0 Å². The molecule has 1 amide bonds. The van der Waals surface area contributed by atoms with E-state index in [1.807, 2.05) is 33.8 Å². The maximum Gasteiger partial charge on any atom is 0.407 e. The molecule has 1 atom stereocenters. The number of anilines is 1. The van der Waals surface area contributed by atoms with E-state index in [2.05, 4.69) is 20.2 Å². The third kappa shape index (κ3) is 4.58. The number of nitrogens with zero attached hydrogens (tertiary/aromatic N) is 3. The summed E-state index contributed by atoms with van der Waals surface area (Å²) in [6.45, 7) is 8.99. The Morgan fingerprint density at radius 1 is 1.52 bits per heavy atom. The Kier molecular flexibility index (Phi) is 4.65. The van der Waals surface area contributed by atoms with Crippen LogP contribution in [0, 0.1) is 6.92 Å². The topological polar surface area (TPSA) is 67.4 Å². The highest BCUT2D eigenvalue weighted by molar-refractivity contribution is 5.67. The molecule has 6 nitrogen and oxygen atoms in total. The van der Waals surface area contributed by atoms with Crippen molar-refractivity contribution < 1.29 is 9.53 Å². The molecule has 1 N–H and O–H groups in total. The minimum absolute atomic E-state index is 0.222. The fourth-order valence-electron chi connectivity index (χ4n) is 2.40. The van der Waals surface area contributed by atoms with E-state index in [-0.39, 0.29) is 12.1 Å². The molecule has 1 aromatic heterocycles. The first-order valence-electron chi connectivity index (χ1n) is 7.38. The van der Waals surface area contributed by atoms with Crippen LogP contribution >= 0.6 is 0 Å². The zero-order valence-electron chi connectivity index (χ0n) is 13.2. The number of ether oxygens (including phenoxy) is 1. The van der Waals surface area contributed by atoms with Gasteiger partial charge in [0.1, 0.15) is 5.60 Å². The van der Waals surface area contributed by atoms with E-state index >= 15 is 0 Å². The van der Waals surface area contributed by atoms with Crippen molar-refractivity contribution in [1.29, 1.82) is 0 Å². The Morgan fingerprint density at radius 3 is 2.95 bits per heavy atom. The molecular formula is C15H24N4O2. The molecule has 1 aliphatic rings. The molecule has 1 fully saturated rings. The van der Waals surface area contributed by atoms with E-state index in [1.54, 1.807) is 6.20 Å². The van der Waals surface area contributed by atoms with Crippen LogP contribution in [0.15, 0.2) is 12.3 Å². The Bertz CT molecular complexity index is 499. The standard InChI is InChI=1S/C15H24N4O2/c1-11-7-8-16-13(18-11)19-9-5-6-12(19)10-17-14(20)21-15(2,3)4/h7-8,12H,5-6,9-10H2,1-4H3,(H,17,20)/t12-/m1/s1. The van der Waals surface area contributed by atoms with Gasteiger partial charge in [-0.3, -0.25) is 0 Å². The first-order valence-corrected chi connectivity index (χ1v) is 7.38. The zero-order valence-corrected chi connectivity index (χ0v) is 13.2. The minimum atomic E-state index is -0.473. The van der Waals surface area contributed by atoms with Crippen LogP contribution in [0.1, 0.15) is 39.3 Å². The molecule has 0 spiro atoms. The molecule has 2 rings (SSSR count). The number of aromatic nitrogens is 2. The first kappa shape index (κ1) is 15.5. The quantitative estimate of drug-likeness (QED) is 0.925. The van der Waals surface area contributed by atoms with Crippen molar-refractivity contribution in [1.82, 2.24) is 15.3 Å². The molecule has 2 heterocycles. The molecule has 6 heteroatoms. The SMILES string of the molecule is Cc1ccnc(N2CCC[C@@H]2CNC(=O)OC(C)(C)C)n1. The summed E-state index contributed by atoms with van der Waals surface area (Å²) in [6, 6.07) is 2.10. The second kappa shape index (κ2) is 6.28. The Morgan fingerprint density at radius 2 is 2.29 bits per heavy atom. The van der Waals surface area contributed by atoms with Gasteiger partial charge in [0.05, 0.1) is 0 Å². The lowest BCUT2D eigenvalue weighted by Crippen LogP contribution is -2.42. The molecule has 1 aliphatic heterocycles. The van der Waals surface area contributed by atoms with Crippen LogP contribution in [0.3, 0.4) is 0 Å². The Hall–Kier alpha value is -1.85. The molecule has 0 aromatic carbocycles. The van der Waals surface area contributed by atoms with E-state index in [4.69, 9.17) is 4.74 Å². The fourth-order valence-corrected chi connectivity index (χ4v) is 2.40. The summed E-state index contributed by atoms with van der Waals surface area (Å²) in [6.07, 6.45) is 3.50. The van der Waals surface area contributed by atoms with Gasteiger partial charge in [-0.25, -0.2) is 14.8 Å². The average molecular weight is 292 g/mol. The molecule has 0 saturated carbocycles. The van der Waals surface area contributed by atoms with E-state index in [0.29, 0.717) is 6.54 Å². The van der Waals surface area contributed by atoms with E-state index in [0.717, 1.165) is 31.0 Å². The van der Waals surface area contributed by atoms with Crippen LogP contribution in [0.25, 0.3) is 0 Å². The molecular weight excluding hydrogens is 268 g/mol. The van der Waals surface area contributed by atoms with Gasteiger partial charge in [-0.15, -0.1) is 0 Å². The van der Waals surface area contributed by atoms with Crippen molar-refractivity contribution >= 4 is 12.0 Å². The van der Waals surface area contributed by atoms with E-state index in [1.165, 1.54) is 0 Å². The van der Waals surface area contributed by atoms with Crippen molar-refractivity contribution in [3.05, 3.63) is 18.0 Å². The third-order valence-corrected chi connectivity index (χ3v) is 3.30. The number of rotatable bonds is 3. The van der Waals surface area contributed by atoms with Crippen molar-refractivity contribution in [2.45, 2.75) is 52.2 Å². The van der Waals surface area contributed by atoms with E-state index in [9.17, 15) is 4.79 Å². The summed E-state index contributed by atoms with van der Waals surface area (Å²) < 4.78 is 5.26. The number of carbonyl (C=O) groups excluding carboxylic acids is 1. The van der Waals surface area contributed by atoms with Gasteiger partial charge < -0.3 is 15.0 Å². The molecule has 0 bridgehead atoms.